The second kappa shape index (κ2) is 5.24. The van der Waals surface area contributed by atoms with Gasteiger partial charge in [-0.3, -0.25) is 19.4 Å². The second-order valence-electron chi connectivity index (χ2n) is 5.08. The molecule has 1 aromatic heterocycles. The molecule has 7 heteroatoms. The van der Waals surface area contributed by atoms with Gasteiger partial charge >= 0.3 is 0 Å². The number of fused-ring (bicyclic) bond motifs is 1. The van der Waals surface area contributed by atoms with E-state index in [1.165, 1.54) is 18.3 Å². The molecule has 0 saturated heterocycles. The van der Waals surface area contributed by atoms with Gasteiger partial charge in [-0.25, -0.2) is 5.10 Å². The Balaban J connectivity index is 2.31. The van der Waals surface area contributed by atoms with E-state index >= 15 is 0 Å². The van der Waals surface area contributed by atoms with Crippen LogP contribution in [0.3, 0.4) is 0 Å². The fraction of sp³-hybridized carbons (Fsp3) is 0. The highest BCUT2D eigenvalue weighted by Crippen LogP contribution is 2.11. The number of H-pyrrole nitrogens is 1. The van der Waals surface area contributed by atoms with Crippen LogP contribution in [0.1, 0.15) is 0 Å². The third-order valence-electron chi connectivity index (χ3n) is 3.65. The standard InChI is InChI=1S/C17H9N3O4/c21-13-9-5-1-2-6-10(9)14(22)15-12(13)16(23)19-20-17(24-15)11-7-3-4-8-18-11/h1-8H,(H,19,23). The van der Waals surface area contributed by atoms with Gasteiger partial charge in [-0.1, -0.05) is 30.3 Å². The molecule has 0 radical (unpaired) electrons. The Bertz CT molecular complexity index is 1310. The monoisotopic (exact) mass is 319 g/mol. The third kappa shape index (κ3) is 2.03. The number of nitrogens with one attached hydrogen (secondary N) is 1. The average molecular weight is 319 g/mol. The number of pyridine rings is 1. The van der Waals surface area contributed by atoms with E-state index in [1.54, 1.807) is 30.3 Å². The van der Waals surface area contributed by atoms with E-state index in [-0.39, 0.29) is 27.3 Å². The zero-order valence-electron chi connectivity index (χ0n) is 12.1. The lowest BCUT2D eigenvalue weighted by atomic mass is 10.1. The van der Waals surface area contributed by atoms with Crippen LogP contribution in [-0.2, 0) is 0 Å². The average Bonchev–Trinajstić information content (AvgIpc) is 2.80. The molecule has 0 spiro atoms. The molecule has 116 valence electrons. The zero-order chi connectivity index (χ0) is 16.7. The Morgan fingerprint density at radius 2 is 1.58 bits per heavy atom. The number of nitrogens with zero attached hydrogens (tertiary/aromatic N) is 2. The molecule has 0 fully saturated rings. The van der Waals surface area contributed by atoms with Crippen molar-refractivity contribution in [1.82, 2.24) is 15.2 Å². The lowest BCUT2D eigenvalue weighted by molar-refractivity contribution is 0.514. The van der Waals surface area contributed by atoms with E-state index in [2.05, 4.69) is 15.2 Å². The number of rotatable bonds is 1. The first kappa shape index (κ1) is 14.0. The van der Waals surface area contributed by atoms with Gasteiger partial charge in [0.25, 0.3) is 11.4 Å². The molecule has 0 amide bonds. The predicted molar refractivity (Wildman–Crippen MR) is 85.7 cm³/mol. The lowest BCUT2D eigenvalue weighted by Crippen LogP contribution is -2.22. The van der Waals surface area contributed by atoms with E-state index in [9.17, 15) is 14.4 Å². The van der Waals surface area contributed by atoms with Crippen molar-refractivity contribution < 1.29 is 4.42 Å². The summed E-state index contributed by atoms with van der Waals surface area (Å²) in [5, 5.41) is 6.05. The van der Waals surface area contributed by atoms with Gasteiger partial charge in [-0.2, -0.15) is 0 Å². The Kier molecular flexibility index (Phi) is 3.06. The van der Waals surface area contributed by atoms with Crippen molar-refractivity contribution in [3.8, 4) is 11.6 Å². The molecule has 2 aliphatic rings. The van der Waals surface area contributed by atoms with Gasteiger partial charge in [0.05, 0.1) is 0 Å². The van der Waals surface area contributed by atoms with Crippen LogP contribution in [0.4, 0.5) is 0 Å². The minimum atomic E-state index is -0.788. The smallest absolute Gasteiger partial charge is 0.279 e. The first-order valence-electron chi connectivity index (χ1n) is 7.07. The molecule has 1 aromatic carbocycles. The number of hydrogen-bond donors (Lipinski definition) is 1. The normalized spacial score (nSPS) is 11.0. The SMILES string of the molecule is O=c1[nH]nc(-c2ccccn2)oc2c(=O)c3ccccc3c(=O)c1=2. The fourth-order valence-electron chi connectivity index (χ4n) is 2.53. The molecule has 7 nitrogen and oxygen atoms in total. The van der Waals surface area contributed by atoms with Gasteiger partial charge in [-0.05, 0) is 12.1 Å². The van der Waals surface area contributed by atoms with Crippen LogP contribution < -0.4 is 16.4 Å². The molecule has 1 N–H and O–H groups in total. The highest BCUT2D eigenvalue weighted by molar-refractivity contribution is 5.81. The van der Waals surface area contributed by atoms with Crippen LogP contribution in [0.25, 0.3) is 22.4 Å². The van der Waals surface area contributed by atoms with Gasteiger partial charge in [0, 0.05) is 17.0 Å². The maximum Gasteiger partial charge on any atom is 0.279 e. The van der Waals surface area contributed by atoms with E-state index in [1.807, 2.05) is 0 Å². The minimum Gasteiger partial charge on any atom is -0.431 e. The quantitative estimate of drug-likeness (QED) is 0.561. The fourth-order valence-corrected chi connectivity index (χ4v) is 2.53. The van der Waals surface area contributed by atoms with Crippen molar-refractivity contribution in [2.45, 2.75) is 0 Å². The lowest BCUT2D eigenvalue weighted by Gasteiger charge is -1.95. The molecule has 0 saturated carbocycles. The maximum atomic E-state index is 12.7. The third-order valence-corrected chi connectivity index (χ3v) is 3.65. The van der Waals surface area contributed by atoms with Gasteiger partial charge in [-0.15, -0.1) is 5.10 Å². The van der Waals surface area contributed by atoms with E-state index < -0.39 is 16.4 Å². The summed E-state index contributed by atoms with van der Waals surface area (Å²) in [6, 6.07) is 11.3. The maximum absolute atomic E-state index is 12.7. The highest BCUT2D eigenvalue weighted by atomic mass is 16.3. The molecule has 0 atom stereocenters. The van der Waals surface area contributed by atoms with Crippen molar-refractivity contribution in [2.75, 3.05) is 0 Å². The van der Waals surface area contributed by atoms with Crippen LogP contribution >= 0.6 is 0 Å². The Labute approximate surface area is 132 Å². The molecule has 24 heavy (non-hydrogen) atoms. The topological polar surface area (TPSA) is 106 Å². The summed E-state index contributed by atoms with van der Waals surface area (Å²) in [7, 11) is 0. The molecule has 2 heterocycles. The summed E-state index contributed by atoms with van der Waals surface area (Å²) < 4.78 is 5.52. The van der Waals surface area contributed by atoms with Crippen molar-refractivity contribution in [3.05, 3.63) is 90.1 Å². The van der Waals surface area contributed by atoms with Gasteiger partial charge in [0.2, 0.25) is 10.9 Å². The van der Waals surface area contributed by atoms with Crippen LogP contribution in [0.2, 0.25) is 0 Å². The van der Waals surface area contributed by atoms with Crippen LogP contribution in [0.15, 0.2) is 67.5 Å². The number of aromatic amines is 1. The van der Waals surface area contributed by atoms with E-state index in [0.29, 0.717) is 5.69 Å². The van der Waals surface area contributed by atoms with Gasteiger partial charge < -0.3 is 4.42 Å². The van der Waals surface area contributed by atoms with Crippen LogP contribution in [-0.4, -0.2) is 15.2 Å². The van der Waals surface area contributed by atoms with E-state index in [0.717, 1.165) is 0 Å². The molecule has 0 bridgehead atoms. The minimum absolute atomic E-state index is 0.0607. The van der Waals surface area contributed by atoms with Crippen LogP contribution in [0.5, 0.6) is 0 Å². The first-order valence-corrected chi connectivity index (χ1v) is 7.07. The van der Waals surface area contributed by atoms with Crippen molar-refractivity contribution in [1.29, 1.82) is 0 Å². The summed E-state index contributed by atoms with van der Waals surface area (Å²) in [4.78, 5) is 41.6. The summed E-state index contributed by atoms with van der Waals surface area (Å²) in [5.41, 5.74) is -1.91. The zero-order valence-corrected chi connectivity index (χ0v) is 12.1. The molecule has 1 aliphatic carbocycles. The van der Waals surface area contributed by atoms with Crippen molar-refractivity contribution in [3.63, 3.8) is 0 Å². The highest BCUT2D eigenvalue weighted by Gasteiger charge is 2.13. The van der Waals surface area contributed by atoms with E-state index in [4.69, 9.17) is 4.42 Å². The second-order valence-corrected chi connectivity index (χ2v) is 5.08. The molecule has 2 aromatic rings. The summed E-state index contributed by atoms with van der Waals surface area (Å²) in [6.07, 6.45) is 1.52. The first-order chi connectivity index (χ1) is 11.7. The van der Waals surface area contributed by atoms with Crippen LogP contribution in [0, 0.1) is 10.6 Å². The summed E-state index contributed by atoms with van der Waals surface area (Å²) >= 11 is 0. The number of aromatic nitrogens is 3. The summed E-state index contributed by atoms with van der Waals surface area (Å²) in [6.45, 7) is 0. The molecule has 4 rings (SSSR count). The van der Waals surface area contributed by atoms with Crippen molar-refractivity contribution in [2.24, 2.45) is 0 Å². The number of hydrogen-bond acceptors (Lipinski definition) is 6. The molecular formula is C17H9N3O4. The van der Waals surface area contributed by atoms with Gasteiger partial charge in [0.15, 0.2) is 5.42 Å². The Hall–Kier alpha value is -3.61. The number of benzene rings is 1. The molecule has 0 unspecified atom stereocenters. The Morgan fingerprint density at radius 1 is 0.875 bits per heavy atom. The molecule has 1 aliphatic heterocycles. The molecular weight excluding hydrogens is 310 g/mol. The largest absolute Gasteiger partial charge is 0.431 e. The predicted octanol–water partition coefficient (Wildman–Crippen LogP) is 1.02. The van der Waals surface area contributed by atoms with Crippen molar-refractivity contribution >= 4 is 10.8 Å². The Morgan fingerprint density at radius 3 is 2.29 bits per heavy atom. The van der Waals surface area contributed by atoms with Gasteiger partial charge in [0.1, 0.15) is 10.9 Å². The summed E-state index contributed by atoms with van der Waals surface area (Å²) in [5.74, 6) is -0.0607.